The van der Waals surface area contributed by atoms with Gasteiger partial charge >= 0.3 is 0 Å². The van der Waals surface area contributed by atoms with Crippen LogP contribution >= 0.6 is 0 Å². The first kappa shape index (κ1) is 30.3. The number of ether oxygens (including phenoxy) is 2. The van der Waals surface area contributed by atoms with E-state index in [-0.39, 0.29) is 17.0 Å². The fourth-order valence-electron chi connectivity index (χ4n) is 5.78. The topological polar surface area (TPSA) is 85.3 Å². The van der Waals surface area contributed by atoms with E-state index in [0.717, 1.165) is 30.3 Å². The zero-order chi connectivity index (χ0) is 31.5. The predicted molar refractivity (Wildman–Crippen MR) is 173 cm³/mol. The molecule has 45 heavy (non-hydrogen) atoms. The number of nitrogens with one attached hydrogen (secondary N) is 1. The maximum atomic E-state index is 15.6. The summed E-state index contributed by atoms with van der Waals surface area (Å²) in [6.45, 7) is 10.7. The van der Waals surface area contributed by atoms with Crippen molar-refractivity contribution >= 4 is 28.0 Å². The van der Waals surface area contributed by atoms with Crippen molar-refractivity contribution in [2.45, 2.75) is 40.2 Å². The van der Waals surface area contributed by atoms with Crippen molar-refractivity contribution in [3.8, 4) is 28.5 Å². The number of nitrogens with zero attached hydrogens (tertiary/aromatic N) is 5. The van der Waals surface area contributed by atoms with Crippen LogP contribution < -0.4 is 15.0 Å². The summed E-state index contributed by atoms with van der Waals surface area (Å²) in [5.74, 6) is -0.399. The molecule has 8 nitrogen and oxygen atoms in total. The van der Waals surface area contributed by atoms with Crippen LogP contribution in [0.4, 0.5) is 25.8 Å². The number of pyridine rings is 4. The van der Waals surface area contributed by atoms with E-state index >= 15 is 4.39 Å². The Morgan fingerprint density at radius 3 is 2.64 bits per heavy atom. The molecule has 0 bridgehead atoms. The number of anilines is 3. The van der Waals surface area contributed by atoms with E-state index in [1.54, 1.807) is 18.5 Å². The van der Waals surface area contributed by atoms with Crippen LogP contribution in [-0.2, 0) is 4.74 Å². The second-order valence-corrected chi connectivity index (χ2v) is 11.6. The maximum absolute atomic E-state index is 15.6. The molecule has 232 valence electrons. The molecule has 0 spiro atoms. The average molecular weight is 611 g/mol. The lowest BCUT2D eigenvalue weighted by Crippen LogP contribution is -2.43. The van der Waals surface area contributed by atoms with E-state index < -0.39 is 11.6 Å². The molecule has 0 saturated carbocycles. The largest absolute Gasteiger partial charge is 0.478 e. The number of rotatable bonds is 9. The molecule has 0 aliphatic carbocycles. The summed E-state index contributed by atoms with van der Waals surface area (Å²) in [6.07, 6.45) is 6.29. The van der Waals surface area contributed by atoms with Crippen LogP contribution in [0.25, 0.3) is 33.5 Å². The van der Waals surface area contributed by atoms with Gasteiger partial charge in [0.15, 0.2) is 0 Å². The van der Waals surface area contributed by atoms with Gasteiger partial charge in [0.2, 0.25) is 5.88 Å². The number of hydrogen-bond donors (Lipinski definition) is 1. The van der Waals surface area contributed by atoms with Gasteiger partial charge in [-0.05, 0) is 50.5 Å². The number of morpholine rings is 1. The number of fused-ring (bicyclic) bond motifs is 1. The Labute approximate surface area is 261 Å². The average Bonchev–Trinajstić information content (AvgIpc) is 3.03. The smallest absolute Gasteiger partial charge is 0.213 e. The molecule has 1 fully saturated rings. The monoisotopic (exact) mass is 610 g/mol. The number of hydrogen-bond acceptors (Lipinski definition) is 8. The molecular formula is C35H36F2N6O2. The first-order valence-corrected chi connectivity index (χ1v) is 15.2. The zero-order valence-corrected chi connectivity index (χ0v) is 25.8. The lowest BCUT2D eigenvalue weighted by molar-refractivity contribution is 0.0275. The van der Waals surface area contributed by atoms with Crippen molar-refractivity contribution in [1.29, 1.82) is 0 Å². The van der Waals surface area contributed by atoms with Gasteiger partial charge in [0.05, 0.1) is 70.6 Å². The first-order chi connectivity index (χ1) is 21.8. The lowest BCUT2D eigenvalue weighted by atomic mass is 10.0. The Bertz CT molecular complexity index is 1800. The molecule has 5 aromatic rings. The summed E-state index contributed by atoms with van der Waals surface area (Å²) in [5, 5.41) is 3.68. The highest BCUT2D eigenvalue weighted by atomic mass is 19.1. The predicted octanol–water partition coefficient (Wildman–Crippen LogP) is 7.73. The van der Waals surface area contributed by atoms with E-state index in [2.05, 4.69) is 39.0 Å². The summed E-state index contributed by atoms with van der Waals surface area (Å²) in [5.41, 5.74) is 5.33. The van der Waals surface area contributed by atoms with Crippen molar-refractivity contribution in [1.82, 2.24) is 19.9 Å². The summed E-state index contributed by atoms with van der Waals surface area (Å²) in [4.78, 5) is 20.7. The molecule has 6 rings (SSSR count). The zero-order valence-electron chi connectivity index (χ0n) is 25.8. The minimum atomic E-state index is -0.714. The number of benzene rings is 1. The highest BCUT2D eigenvalue weighted by molar-refractivity contribution is 5.99. The van der Waals surface area contributed by atoms with Gasteiger partial charge in [-0.3, -0.25) is 9.97 Å². The van der Waals surface area contributed by atoms with Crippen molar-refractivity contribution in [2.75, 3.05) is 36.5 Å². The molecule has 0 amide bonds. The Morgan fingerprint density at radius 2 is 1.91 bits per heavy atom. The highest BCUT2D eigenvalue weighted by Crippen LogP contribution is 2.39. The van der Waals surface area contributed by atoms with Gasteiger partial charge in [0, 0.05) is 54.8 Å². The van der Waals surface area contributed by atoms with E-state index in [4.69, 9.17) is 14.5 Å². The summed E-state index contributed by atoms with van der Waals surface area (Å²) in [6, 6.07) is 13.3. The minimum Gasteiger partial charge on any atom is -0.478 e. The Morgan fingerprint density at radius 1 is 1.04 bits per heavy atom. The molecular weight excluding hydrogens is 574 g/mol. The third kappa shape index (κ3) is 6.56. The molecule has 1 atom stereocenters. The van der Waals surface area contributed by atoms with Crippen LogP contribution in [0.15, 0.2) is 67.1 Å². The van der Waals surface area contributed by atoms with Crippen LogP contribution in [0.3, 0.4) is 0 Å². The van der Waals surface area contributed by atoms with Crippen LogP contribution in [0.2, 0.25) is 0 Å². The molecule has 1 aliphatic heterocycles. The molecule has 1 saturated heterocycles. The summed E-state index contributed by atoms with van der Waals surface area (Å²) < 4.78 is 41.7. The fourth-order valence-corrected chi connectivity index (χ4v) is 5.78. The summed E-state index contributed by atoms with van der Waals surface area (Å²) in [7, 11) is 0. The molecule has 1 aliphatic rings. The van der Waals surface area contributed by atoms with Gasteiger partial charge in [-0.2, -0.15) is 0 Å². The van der Waals surface area contributed by atoms with Crippen LogP contribution in [-0.4, -0.2) is 52.3 Å². The molecule has 1 aromatic carbocycles. The Kier molecular flexibility index (Phi) is 8.84. The second-order valence-electron chi connectivity index (χ2n) is 11.6. The number of halogens is 2. The van der Waals surface area contributed by atoms with Crippen molar-refractivity contribution in [2.24, 2.45) is 5.92 Å². The highest BCUT2D eigenvalue weighted by Gasteiger charge is 2.24. The third-order valence-electron chi connectivity index (χ3n) is 7.83. The Balaban J connectivity index is 1.50. The maximum Gasteiger partial charge on any atom is 0.213 e. The van der Waals surface area contributed by atoms with Crippen LogP contribution in [0.5, 0.6) is 5.88 Å². The van der Waals surface area contributed by atoms with Gasteiger partial charge < -0.3 is 19.7 Å². The summed E-state index contributed by atoms with van der Waals surface area (Å²) >= 11 is 0. The minimum absolute atomic E-state index is 0.112. The molecule has 5 heterocycles. The van der Waals surface area contributed by atoms with Crippen molar-refractivity contribution in [3.05, 3.63) is 84.3 Å². The second kappa shape index (κ2) is 13.1. The molecule has 10 heteroatoms. The van der Waals surface area contributed by atoms with E-state index in [0.29, 0.717) is 65.6 Å². The van der Waals surface area contributed by atoms with Gasteiger partial charge in [0.25, 0.3) is 0 Å². The lowest BCUT2D eigenvalue weighted by Gasteiger charge is -2.35. The number of aromatic nitrogens is 4. The quantitative estimate of drug-likeness (QED) is 0.182. The van der Waals surface area contributed by atoms with Gasteiger partial charge in [0.1, 0.15) is 11.6 Å². The van der Waals surface area contributed by atoms with Gasteiger partial charge in [-0.15, -0.1) is 0 Å². The van der Waals surface area contributed by atoms with E-state index in [9.17, 15) is 4.39 Å². The van der Waals surface area contributed by atoms with Gasteiger partial charge in [-0.25, -0.2) is 18.7 Å². The SMILES string of the molecule is CCOc1ccc(-c2ncc(N3CCOC(CC(C)C)C3)cc2Nc2c(C)c(-c3ccccn3)nc3cc(F)cc(F)c23)cn1. The fraction of sp³-hybridized carbons (Fsp3) is 0.314. The normalized spacial score (nSPS) is 15.1. The van der Waals surface area contributed by atoms with Gasteiger partial charge in [-0.1, -0.05) is 19.9 Å². The van der Waals surface area contributed by atoms with E-state index in [1.807, 2.05) is 50.4 Å². The third-order valence-corrected chi connectivity index (χ3v) is 7.83. The van der Waals surface area contributed by atoms with Crippen molar-refractivity contribution in [3.63, 3.8) is 0 Å². The molecule has 4 aromatic heterocycles. The van der Waals surface area contributed by atoms with Crippen LogP contribution in [0, 0.1) is 24.5 Å². The standard InChI is InChI=1S/C35H36F2N6O2/c1-5-44-31-10-9-23(18-39-31)35-30(17-25(19-40-35)43-12-13-45-26(20-43)14-21(2)3)42-34-22(4)33(28-8-6-7-11-38-28)41-29-16-24(36)15-27(37)32(29)34/h6-11,15-19,21,26H,5,12-14,20H2,1-4H3,(H,41,42). The van der Waals surface area contributed by atoms with Crippen LogP contribution in [0.1, 0.15) is 32.8 Å². The van der Waals surface area contributed by atoms with Crippen molar-refractivity contribution < 1.29 is 18.3 Å². The molecule has 0 radical (unpaired) electrons. The molecule has 1 unspecified atom stereocenters. The Hall–Kier alpha value is -4.70. The first-order valence-electron chi connectivity index (χ1n) is 15.2. The molecule has 1 N–H and O–H groups in total. The van der Waals surface area contributed by atoms with E-state index in [1.165, 1.54) is 6.07 Å².